The second-order valence-corrected chi connectivity index (χ2v) is 7.16. The molecule has 2 rings (SSSR count). The van der Waals surface area contributed by atoms with E-state index < -0.39 is 0 Å². The molecule has 1 heterocycles. The number of methoxy groups -OCH3 is 1. The minimum atomic E-state index is -0.262. The number of nitrogens with zero attached hydrogens (tertiary/aromatic N) is 1. The van der Waals surface area contributed by atoms with Gasteiger partial charge in [0.2, 0.25) is 5.91 Å². The summed E-state index contributed by atoms with van der Waals surface area (Å²) in [6, 6.07) is 6.98. The fourth-order valence-corrected chi connectivity index (χ4v) is 3.12. The molecule has 1 atom stereocenters. The molecule has 1 aliphatic heterocycles. The van der Waals surface area contributed by atoms with E-state index in [0.717, 1.165) is 51.3 Å². The minimum absolute atomic E-state index is 0.0201. The number of carbonyl (C=O) groups excluding carboxylic acids is 2. The summed E-state index contributed by atoms with van der Waals surface area (Å²) in [6.45, 7) is 7.08. The van der Waals surface area contributed by atoms with Crippen LogP contribution in [0, 0.1) is 5.92 Å². The van der Waals surface area contributed by atoms with Crippen LogP contribution < -0.4 is 15.4 Å². The molecule has 0 saturated carbocycles. The molecule has 1 fully saturated rings. The highest BCUT2D eigenvalue weighted by atomic mass is 16.5. The van der Waals surface area contributed by atoms with E-state index in [1.807, 2.05) is 0 Å². The van der Waals surface area contributed by atoms with E-state index in [9.17, 15) is 9.59 Å². The molecule has 156 valence electrons. The molecular weight excluding hydrogens is 358 g/mol. The van der Waals surface area contributed by atoms with E-state index in [-0.39, 0.29) is 18.4 Å². The van der Waals surface area contributed by atoms with Gasteiger partial charge in [0.05, 0.1) is 19.8 Å². The van der Waals surface area contributed by atoms with E-state index in [1.54, 1.807) is 31.4 Å². The first-order valence-corrected chi connectivity index (χ1v) is 10.1. The lowest BCUT2D eigenvalue weighted by atomic mass is 10.1. The number of benzene rings is 1. The average molecular weight is 392 g/mol. The number of amides is 2. The van der Waals surface area contributed by atoms with E-state index in [0.29, 0.717) is 24.6 Å². The van der Waals surface area contributed by atoms with Crippen molar-refractivity contribution in [3.63, 3.8) is 0 Å². The molecular formula is C21H33N3O4. The van der Waals surface area contributed by atoms with Crippen molar-refractivity contribution in [2.75, 3.05) is 53.0 Å². The smallest absolute Gasteiger partial charge is 0.251 e. The van der Waals surface area contributed by atoms with E-state index in [2.05, 4.69) is 22.5 Å². The Morgan fingerprint density at radius 1 is 1.18 bits per heavy atom. The Morgan fingerprint density at radius 3 is 2.68 bits per heavy atom. The number of likely N-dealkylation sites (tertiary alicyclic amines) is 1. The quantitative estimate of drug-likeness (QED) is 0.530. The first-order valence-electron chi connectivity index (χ1n) is 10.1. The number of hydrogen-bond acceptors (Lipinski definition) is 5. The van der Waals surface area contributed by atoms with Gasteiger partial charge in [-0.15, -0.1) is 0 Å². The molecule has 0 unspecified atom stereocenters. The highest BCUT2D eigenvalue weighted by Crippen LogP contribution is 2.15. The van der Waals surface area contributed by atoms with Gasteiger partial charge in [0.15, 0.2) is 0 Å². The molecule has 7 heteroatoms. The van der Waals surface area contributed by atoms with Crippen molar-refractivity contribution in [2.45, 2.75) is 26.2 Å². The maximum atomic E-state index is 12.2. The number of nitrogens with one attached hydrogen (secondary N) is 2. The third-order valence-corrected chi connectivity index (χ3v) is 4.86. The zero-order chi connectivity index (χ0) is 20.2. The van der Waals surface area contributed by atoms with Crippen LogP contribution in [0.1, 0.15) is 36.5 Å². The summed E-state index contributed by atoms with van der Waals surface area (Å²) < 4.78 is 10.7. The Morgan fingerprint density at radius 2 is 1.96 bits per heavy atom. The van der Waals surface area contributed by atoms with Crippen LogP contribution in [0.15, 0.2) is 24.3 Å². The van der Waals surface area contributed by atoms with E-state index in [4.69, 9.17) is 9.47 Å². The topological polar surface area (TPSA) is 79.9 Å². The lowest BCUT2D eigenvalue weighted by Gasteiger charge is -2.15. The molecule has 0 radical (unpaired) electrons. The number of hydrogen-bond donors (Lipinski definition) is 2. The molecule has 1 aromatic rings. The van der Waals surface area contributed by atoms with Crippen molar-refractivity contribution in [1.82, 2.24) is 15.5 Å². The van der Waals surface area contributed by atoms with Gasteiger partial charge in [-0.2, -0.15) is 0 Å². The fraction of sp³-hybridized carbons (Fsp3) is 0.619. The second kappa shape index (κ2) is 12.4. The summed E-state index contributed by atoms with van der Waals surface area (Å²) in [5.74, 6) is 0.778. The third kappa shape index (κ3) is 7.86. The van der Waals surface area contributed by atoms with Gasteiger partial charge in [-0.1, -0.05) is 13.3 Å². The molecule has 0 spiro atoms. The maximum absolute atomic E-state index is 12.2. The Labute approximate surface area is 167 Å². The van der Waals surface area contributed by atoms with Gasteiger partial charge in [0.25, 0.3) is 5.91 Å². The van der Waals surface area contributed by atoms with Gasteiger partial charge >= 0.3 is 0 Å². The summed E-state index contributed by atoms with van der Waals surface area (Å²) >= 11 is 0. The average Bonchev–Trinajstić information content (AvgIpc) is 3.17. The summed E-state index contributed by atoms with van der Waals surface area (Å²) in [4.78, 5) is 26.5. The van der Waals surface area contributed by atoms with Gasteiger partial charge in [0, 0.05) is 32.3 Å². The summed E-state index contributed by atoms with van der Waals surface area (Å²) in [6.07, 6.45) is 3.15. The van der Waals surface area contributed by atoms with Crippen LogP contribution in [0.3, 0.4) is 0 Å². The summed E-state index contributed by atoms with van der Waals surface area (Å²) in [5.41, 5.74) is 0.514. The van der Waals surface area contributed by atoms with Crippen molar-refractivity contribution in [3.8, 4) is 5.75 Å². The predicted molar refractivity (Wildman–Crippen MR) is 109 cm³/mol. The van der Waals surface area contributed by atoms with Crippen molar-refractivity contribution >= 4 is 11.8 Å². The van der Waals surface area contributed by atoms with Gasteiger partial charge in [-0.25, -0.2) is 0 Å². The molecule has 0 bridgehead atoms. The lowest BCUT2D eigenvalue weighted by molar-refractivity contribution is -0.120. The van der Waals surface area contributed by atoms with Crippen LogP contribution in [-0.2, 0) is 9.53 Å². The SMILES string of the molecule is CCCCOc1ccc(C(=O)NCC(=O)NC[C@H]2CCN(CCOC)C2)cc1. The number of rotatable bonds is 12. The van der Waals surface area contributed by atoms with Crippen LogP contribution in [0.4, 0.5) is 0 Å². The predicted octanol–water partition coefficient (Wildman–Crippen LogP) is 1.68. The van der Waals surface area contributed by atoms with Crippen LogP contribution in [0.5, 0.6) is 5.75 Å². The number of ether oxygens (including phenoxy) is 2. The van der Waals surface area contributed by atoms with Gasteiger partial charge < -0.3 is 25.0 Å². The zero-order valence-corrected chi connectivity index (χ0v) is 17.0. The highest BCUT2D eigenvalue weighted by Gasteiger charge is 2.22. The second-order valence-electron chi connectivity index (χ2n) is 7.16. The molecule has 2 N–H and O–H groups in total. The Bertz CT molecular complexity index is 606. The number of unbranched alkanes of at least 4 members (excludes halogenated alkanes) is 1. The van der Waals surface area contributed by atoms with Crippen LogP contribution in [-0.4, -0.2) is 69.8 Å². The standard InChI is InChI=1S/C21H33N3O4/c1-3-4-12-28-19-7-5-18(6-8-19)21(26)23-15-20(25)22-14-17-9-10-24(16-17)11-13-27-2/h5-8,17H,3-4,9-16H2,1-2H3,(H,22,25)(H,23,26)/t17-/m1/s1. The van der Waals surface area contributed by atoms with Gasteiger partial charge in [-0.05, 0) is 49.6 Å². The molecule has 1 saturated heterocycles. The maximum Gasteiger partial charge on any atom is 0.251 e. The third-order valence-electron chi connectivity index (χ3n) is 4.86. The van der Waals surface area contributed by atoms with E-state index >= 15 is 0 Å². The van der Waals surface area contributed by atoms with E-state index in [1.165, 1.54) is 0 Å². The molecule has 1 aromatic carbocycles. The first kappa shape index (κ1) is 22.2. The van der Waals surface area contributed by atoms with Crippen molar-refractivity contribution in [3.05, 3.63) is 29.8 Å². The van der Waals surface area contributed by atoms with Crippen molar-refractivity contribution in [2.24, 2.45) is 5.92 Å². The zero-order valence-electron chi connectivity index (χ0n) is 17.0. The summed E-state index contributed by atoms with van der Waals surface area (Å²) in [5, 5.41) is 5.58. The molecule has 1 aliphatic rings. The van der Waals surface area contributed by atoms with Gasteiger partial charge in [0.1, 0.15) is 5.75 Å². The minimum Gasteiger partial charge on any atom is -0.494 e. The van der Waals surface area contributed by atoms with Crippen molar-refractivity contribution in [1.29, 1.82) is 0 Å². The van der Waals surface area contributed by atoms with Crippen LogP contribution in [0.2, 0.25) is 0 Å². The molecule has 28 heavy (non-hydrogen) atoms. The molecule has 0 aliphatic carbocycles. The Balaban J connectivity index is 1.63. The molecule has 7 nitrogen and oxygen atoms in total. The first-order chi connectivity index (χ1) is 13.6. The molecule has 0 aromatic heterocycles. The lowest BCUT2D eigenvalue weighted by Crippen LogP contribution is -2.39. The number of carbonyl (C=O) groups is 2. The monoisotopic (exact) mass is 391 g/mol. The molecule has 2 amide bonds. The van der Waals surface area contributed by atoms with Crippen LogP contribution >= 0.6 is 0 Å². The summed E-state index contributed by atoms with van der Waals surface area (Å²) in [7, 11) is 1.71. The largest absolute Gasteiger partial charge is 0.494 e. The normalized spacial score (nSPS) is 16.7. The Kier molecular flexibility index (Phi) is 9.79. The highest BCUT2D eigenvalue weighted by molar-refractivity contribution is 5.96. The Hall–Kier alpha value is -2.12. The fourth-order valence-electron chi connectivity index (χ4n) is 3.12. The van der Waals surface area contributed by atoms with Crippen molar-refractivity contribution < 1.29 is 19.1 Å². The van der Waals surface area contributed by atoms with Crippen LogP contribution in [0.25, 0.3) is 0 Å². The van der Waals surface area contributed by atoms with Gasteiger partial charge in [-0.3, -0.25) is 9.59 Å².